The quantitative estimate of drug-likeness (QED) is 0.384. The summed E-state index contributed by atoms with van der Waals surface area (Å²) >= 11 is 0. The Morgan fingerprint density at radius 3 is 2.32 bits per heavy atom. The van der Waals surface area contributed by atoms with Crippen LogP contribution in [0.5, 0.6) is 5.75 Å². The van der Waals surface area contributed by atoms with Gasteiger partial charge in [0.1, 0.15) is 0 Å². The van der Waals surface area contributed by atoms with Crippen LogP contribution < -0.4 is 10.5 Å². The van der Waals surface area contributed by atoms with Crippen LogP contribution in [0.15, 0.2) is 17.3 Å². The Balaban J connectivity index is 2.21. The lowest BCUT2D eigenvalue weighted by atomic mass is 9.98. The topological polar surface area (TPSA) is 67.8 Å². The van der Waals surface area contributed by atoms with E-state index in [1.807, 2.05) is 0 Å². The number of ether oxygens (including phenoxy) is 1. The van der Waals surface area contributed by atoms with Gasteiger partial charge in [-0.2, -0.15) is 0 Å². The molecular formula is C13H16F2N2O2. The number of oxime groups is 1. The van der Waals surface area contributed by atoms with Crippen molar-refractivity contribution in [2.24, 2.45) is 10.9 Å². The molecule has 1 aliphatic carbocycles. The lowest BCUT2D eigenvalue weighted by Crippen LogP contribution is -2.21. The van der Waals surface area contributed by atoms with E-state index in [1.54, 1.807) is 0 Å². The largest absolute Gasteiger partial charge is 0.484 e. The molecule has 1 fully saturated rings. The van der Waals surface area contributed by atoms with Crippen molar-refractivity contribution in [2.45, 2.75) is 38.2 Å². The highest BCUT2D eigenvalue weighted by Gasteiger charge is 2.20. The van der Waals surface area contributed by atoms with Crippen LogP contribution in [0.1, 0.15) is 37.7 Å². The van der Waals surface area contributed by atoms with Crippen molar-refractivity contribution in [3.8, 4) is 5.75 Å². The van der Waals surface area contributed by atoms with Crippen LogP contribution in [0, 0.1) is 11.6 Å². The van der Waals surface area contributed by atoms with Gasteiger partial charge in [0.05, 0.1) is 6.10 Å². The highest BCUT2D eigenvalue weighted by atomic mass is 19.1. The zero-order valence-electron chi connectivity index (χ0n) is 10.4. The summed E-state index contributed by atoms with van der Waals surface area (Å²) in [4.78, 5) is 0. The average molecular weight is 270 g/mol. The second kappa shape index (κ2) is 5.86. The molecular weight excluding hydrogens is 254 g/mol. The van der Waals surface area contributed by atoms with E-state index in [1.165, 1.54) is 0 Å². The number of rotatable bonds is 3. The van der Waals surface area contributed by atoms with E-state index in [-0.39, 0.29) is 23.3 Å². The third-order valence-corrected chi connectivity index (χ3v) is 3.24. The van der Waals surface area contributed by atoms with Gasteiger partial charge in [-0.1, -0.05) is 11.6 Å². The number of nitrogens with two attached hydrogens (primary N) is 1. The molecule has 0 amide bonds. The Morgan fingerprint density at radius 1 is 1.21 bits per heavy atom. The molecule has 1 aliphatic rings. The Hall–Kier alpha value is -1.85. The fourth-order valence-corrected chi connectivity index (χ4v) is 2.23. The fraction of sp³-hybridized carbons (Fsp3) is 0.462. The van der Waals surface area contributed by atoms with Gasteiger partial charge < -0.3 is 15.7 Å². The minimum absolute atomic E-state index is 0.0199. The van der Waals surface area contributed by atoms with Crippen LogP contribution in [-0.2, 0) is 0 Å². The smallest absolute Gasteiger partial charge is 0.191 e. The number of benzene rings is 1. The van der Waals surface area contributed by atoms with E-state index < -0.39 is 11.6 Å². The number of hydrogen-bond donors (Lipinski definition) is 2. The first-order valence-corrected chi connectivity index (χ1v) is 6.25. The summed E-state index contributed by atoms with van der Waals surface area (Å²) in [6.45, 7) is 0. The van der Waals surface area contributed by atoms with Gasteiger partial charge in [0.25, 0.3) is 0 Å². The molecule has 4 nitrogen and oxygen atoms in total. The lowest BCUT2D eigenvalue weighted by molar-refractivity contribution is 0.142. The Morgan fingerprint density at radius 2 is 1.79 bits per heavy atom. The zero-order valence-corrected chi connectivity index (χ0v) is 10.4. The summed E-state index contributed by atoms with van der Waals surface area (Å²) in [6, 6.07) is 1.99. The molecule has 104 valence electrons. The Bertz CT molecular complexity index is 463. The van der Waals surface area contributed by atoms with Gasteiger partial charge in [-0.15, -0.1) is 0 Å². The number of hydrogen-bond acceptors (Lipinski definition) is 3. The van der Waals surface area contributed by atoms with Gasteiger partial charge in [-0.3, -0.25) is 0 Å². The SMILES string of the molecule is N/C(=N/O)c1cc(F)c(OC2CCCCC2)c(F)c1. The molecule has 6 heteroatoms. The van der Waals surface area contributed by atoms with Crippen LogP contribution >= 0.6 is 0 Å². The third kappa shape index (κ3) is 3.13. The molecule has 0 unspecified atom stereocenters. The minimum Gasteiger partial charge on any atom is -0.484 e. The van der Waals surface area contributed by atoms with Crippen molar-refractivity contribution < 1.29 is 18.7 Å². The molecule has 0 saturated heterocycles. The molecule has 0 aliphatic heterocycles. The first-order valence-electron chi connectivity index (χ1n) is 6.25. The predicted octanol–water partition coefficient (Wildman–Crippen LogP) is 2.77. The van der Waals surface area contributed by atoms with Crippen LogP contribution in [-0.4, -0.2) is 17.1 Å². The van der Waals surface area contributed by atoms with Crippen LogP contribution in [0.4, 0.5) is 8.78 Å². The van der Waals surface area contributed by atoms with Crippen molar-refractivity contribution in [3.05, 3.63) is 29.3 Å². The van der Waals surface area contributed by atoms with Crippen molar-refractivity contribution in [2.75, 3.05) is 0 Å². The first-order chi connectivity index (χ1) is 9.11. The van der Waals surface area contributed by atoms with E-state index in [0.29, 0.717) is 0 Å². The highest BCUT2D eigenvalue weighted by molar-refractivity contribution is 5.97. The average Bonchev–Trinajstić information content (AvgIpc) is 2.43. The maximum absolute atomic E-state index is 13.8. The van der Waals surface area contributed by atoms with Gasteiger partial charge in [0, 0.05) is 5.56 Å². The molecule has 0 spiro atoms. The Kier molecular flexibility index (Phi) is 4.19. The molecule has 1 aromatic carbocycles. The molecule has 3 N–H and O–H groups in total. The van der Waals surface area contributed by atoms with Crippen LogP contribution in [0.25, 0.3) is 0 Å². The fourth-order valence-electron chi connectivity index (χ4n) is 2.23. The highest BCUT2D eigenvalue weighted by Crippen LogP contribution is 2.28. The van der Waals surface area contributed by atoms with Gasteiger partial charge in [-0.05, 0) is 37.8 Å². The van der Waals surface area contributed by atoms with Gasteiger partial charge in [0.2, 0.25) is 0 Å². The monoisotopic (exact) mass is 270 g/mol. The van der Waals surface area contributed by atoms with Crippen molar-refractivity contribution in [1.29, 1.82) is 0 Å². The second-order valence-corrected chi connectivity index (χ2v) is 4.63. The van der Waals surface area contributed by atoms with E-state index >= 15 is 0 Å². The van der Waals surface area contributed by atoms with E-state index in [4.69, 9.17) is 15.7 Å². The number of amidine groups is 1. The maximum Gasteiger partial charge on any atom is 0.191 e. The lowest BCUT2D eigenvalue weighted by Gasteiger charge is -2.23. The maximum atomic E-state index is 13.8. The van der Waals surface area contributed by atoms with E-state index in [2.05, 4.69) is 5.16 Å². The summed E-state index contributed by atoms with van der Waals surface area (Å²) in [5.41, 5.74) is 5.27. The normalized spacial score (nSPS) is 17.5. The summed E-state index contributed by atoms with van der Waals surface area (Å²) in [5.74, 6) is -2.41. The number of halogens is 2. The van der Waals surface area contributed by atoms with Gasteiger partial charge in [0.15, 0.2) is 23.2 Å². The Labute approximate surface area is 109 Å². The molecule has 2 rings (SSSR count). The van der Waals surface area contributed by atoms with Crippen molar-refractivity contribution >= 4 is 5.84 Å². The molecule has 1 saturated carbocycles. The second-order valence-electron chi connectivity index (χ2n) is 4.63. The standard InChI is InChI=1S/C13H16F2N2O2/c14-10-6-8(13(16)17-18)7-11(15)12(10)19-9-4-2-1-3-5-9/h6-7,9,18H,1-5H2,(H2,16,17). The summed E-state index contributed by atoms with van der Waals surface area (Å²) in [5, 5.41) is 11.2. The van der Waals surface area contributed by atoms with Crippen LogP contribution in [0.2, 0.25) is 0 Å². The molecule has 0 heterocycles. The molecule has 1 aromatic rings. The third-order valence-electron chi connectivity index (χ3n) is 3.24. The van der Waals surface area contributed by atoms with E-state index in [9.17, 15) is 8.78 Å². The molecule has 0 bridgehead atoms. The van der Waals surface area contributed by atoms with Crippen molar-refractivity contribution in [3.63, 3.8) is 0 Å². The van der Waals surface area contributed by atoms with Crippen LogP contribution in [0.3, 0.4) is 0 Å². The van der Waals surface area contributed by atoms with E-state index in [0.717, 1.165) is 44.2 Å². The van der Waals surface area contributed by atoms with Gasteiger partial charge in [-0.25, -0.2) is 8.78 Å². The molecule has 19 heavy (non-hydrogen) atoms. The predicted molar refractivity (Wildman–Crippen MR) is 66.4 cm³/mol. The zero-order chi connectivity index (χ0) is 13.8. The molecule has 0 radical (unpaired) electrons. The minimum atomic E-state index is -0.841. The summed E-state index contributed by atoms with van der Waals surface area (Å²) < 4.78 is 33.0. The first kappa shape index (κ1) is 13.6. The number of nitrogens with zero attached hydrogens (tertiary/aromatic N) is 1. The molecule has 0 aromatic heterocycles. The molecule has 0 atom stereocenters. The van der Waals surface area contributed by atoms with Gasteiger partial charge >= 0.3 is 0 Å². The van der Waals surface area contributed by atoms with Crippen molar-refractivity contribution in [1.82, 2.24) is 0 Å². The summed E-state index contributed by atoms with van der Waals surface area (Å²) in [6.07, 6.45) is 4.62. The summed E-state index contributed by atoms with van der Waals surface area (Å²) in [7, 11) is 0.